The van der Waals surface area contributed by atoms with E-state index in [2.05, 4.69) is 15.7 Å². The van der Waals surface area contributed by atoms with Crippen LogP contribution in [0.25, 0.3) is 0 Å². The van der Waals surface area contributed by atoms with Gasteiger partial charge in [-0.25, -0.2) is 0 Å². The van der Waals surface area contributed by atoms with Crippen molar-refractivity contribution in [1.29, 1.82) is 0 Å². The molecule has 1 aromatic rings. The third kappa shape index (κ3) is 3.71. The minimum absolute atomic E-state index is 0.124. The molecule has 0 aliphatic rings. The Morgan fingerprint density at radius 3 is 3.06 bits per heavy atom. The summed E-state index contributed by atoms with van der Waals surface area (Å²) >= 11 is 1.69. The molecule has 1 heterocycles. The number of nitrogens with one attached hydrogen (secondary N) is 2. The molecule has 0 saturated heterocycles. The summed E-state index contributed by atoms with van der Waals surface area (Å²) in [5.74, 6) is 5.95. The van der Waals surface area contributed by atoms with Crippen molar-refractivity contribution in [3.63, 3.8) is 0 Å². The number of anilines is 1. The lowest BCUT2D eigenvalue weighted by Crippen LogP contribution is -2.34. The van der Waals surface area contributed by atoms with Crippen molar-refractivity contribution < 1.29 is 4.79 Å². The Bertz CT molecular complexity index is 358. The monoisotopic (exact) mass is 240 g/mol. The summed E-state index contributed by atoms with van der Waals surface area (Å²) in [7, 11) is 0. The van der Waals surface area contributed by atoms with Gasteiger partial charge in [-0.3, -0.25) is 15.6 Å². The Labute approximate surface area is 99.2 Å². The number of rotatable bonds is 5. The summed E-state index contributed by atoms with van der Waals surface area (Å²) < 4.78 is 0. The van der Waals surface area contributed by atoms with E-state index in [1.807, 2.05) is 13.2 Å². The molecule has 1 aromatic heterocycles. The standard InChI is InChI=1S/C10H16N4OS/c1-7(6-16-2)13-10(15)9-5-8(14-11)3-4-12-9/h3-5,7H,6,11H2,1-2H3,(H,12,14)(H,13,15). The summed E-state index contributed by atoms with van der Waals surface area (Å²) in [4.78, 5) is 15.7. The molecule has 6 heteroatoms. The third-order valence-corrected chi connectivity index (χ3v) is 2.79. The van der Waals surface area contributed by atoms with E-state index in [4.69, 9.17) is 5.84 Å². The molecular formula is C10H16N4OS. The number of hydrazine groups is 1. The van der Waals surface area contributed by atoms with Crippen LogP contribution in [0.3, 0.4) is 0 Å². The summed E-state index contributed by atoms with van der Waals surface area (Å²) in [6, 6.07) is 3.43. The molecule has 0 fully saturated rings. The highest BCUT2D eigenvalue weighted by atomic mass is 32.2. The molecule has 1 amide bonds. The molecule has 16 heavy (non-hydrogen) atoms. The maximum absolute atomic E-state index is 11.7. The Morgan fingerprint density at radius 1 is 1.69 bits per heavy atom. The maximum Gasteiger partial charge on any atom is 0.270 e. The van der Waals surface area contributed by atoms with Gasteiger partial charge in [-0.2, -0.15) is 11.8 Å². The molecule has 5 nitrogen and oxygen atoms in total. The van der Waals surface area contributed by atoms with Gasteiger partial charge in [0.15, 0.2) is 0 Å². The minimum atomic E-state index is -0.182. The second kappa shape index (κ2) is 6.34. The van der Waals surface area contributed by atoms with E-state index in [9.17, 15) is 4.79 Å². The Kier molecular flexibility index (Phi) is 5.07. The number of nitrogen functional groups attached to an aromatic ring is 1. The van der Waals surface area contributed by atoms with Gasteiger partial charge in [-0.05, 0) is 25.3 Å². The van der Waals surface area contributed by atoms with E-state index in [-0.39, 0.29) is 11.9 Å². The van der Waals surface area contributed by atoms with Gasteiger partial charge in [0.05, 0.1) is 5.69 Å². The number of nitrogens with zero attached hydrogens (tertiary/aromatic N) is 1. The van der Waals surface area contributed by atoms with Crippen LogP contribution >= 0.6 is 11.8 Å². The quantitative estimate of drug-likeness (QED) is 0.525. The molecule has 4 N–H and O–H groups in total. The fourth-order valence-electron chi connectivity index (χ4n) is 1.23. The smallest absolute Gasteiger partial charge is 0.270 e. The molecule has 0 aliphatic carbocycles. The SMILES string of the molecule is CSCC(C)NC(=O)c1cc(NN)ccn1. The molecule has 0 aromatic carbocycles. The summed E-state index contributed by atoms with van der Waals surface area (Å²) in [6.45, 7) is 1.96. The Hall–Kier alpha value is -1.27. The number of pyridine rings is 1. The highest BCUT2D eigenvalue weighted by Gasteiger charge is 2.10. The van der Waals surface area contributed by atoms with Crippen LogP contribution in [-0.2, 0) is 0 Å². The van der Waals surface area contributed by atoms with Gasteiger partial charge in [0.1, 0.15) is 5.69 Å². The minimum Gasteiger partial charge on any atom is -0.347 e. The number of carbonyl (C=O) groups excluding carboxylic acids is 1. The second-order valence-electron chi connectivity index (χ2n) is 3.40. The molecular weight excluding hydrogens is 224 g/mol. The first-order valence-electron chi connectivity index (χ1n) is 4.90. The van der Waals surface area contributed by atoms with E-state index < -0.39 is 0 Å². The molecule has 1 unspecified atom stereocenters. The molecule has 0 aliphatic heterocycles. The average molecular weight is 240 g/mol. The van der Waals surface area contributed by atoms with Crippen molar-refractivity contribution >= 4 is 23.4 Å². The number of thioether (sulfide) groups is 1. The van der Waals surface area contributed by atoms with Crippen LogP contribution < -0.4 is 16.6 Å². The van der Waals surface area contributed by atoms with Crippen molar-refractivity contribution in [3.05, 3.63) is 24.0 Å². The van der Waals surface area contributed by atoms with E-state index in [1.54, 1.807) is 30.1 Å². The van der Waals surface area contributed by atoms with Crippen molar-refractivity contribution in [3.8, 4) is 0 Å². The van der Waals surface area contributed by atoms with Crippen LogP contribution in [0, 0.1) is 0 Å². The summed E-state index contributed by atoms with van der Waals surface area (Å²) in [6.07, 6.45) is 3.54. The topological polar surface area (TPSA) is 80.0 Å². The zero-order chi connectivity index (χ0) is 12.0. The van der Waals surface area contributed by atoms with Gasteiger partial charge < -0.3 is 10.7 Å². The van der Waals surface area contributed by atoms with Crippen LogP contribution in [0.1, 0.15) is 17.4 Å². The normalized spacial score (nSPS) is 11.9. The molecule has 0 saturated carbocycles. The number of aromatic nitrogens is 1. The van der Waals surface area contributed by atoms with Crippen LogP contribution in [0.5, 0.6) is 0 Å². The largest absolute Gasteiger partial charge is 0.347 e. The van der Waals surface area contributed by atoms with Gasteiger partial charge >= 0.3 is 0 Å². The fraction of sp³-hybridized carbons (Fsp3) is 0.400. The van der Waals surface area contributed by atoms with Crippen molar-refractivity contribution in [2.45, 2.75) is 13.0 Å². The lowest BCUT2D eigenvalue weighted by atomic mass is 10.3. The summed E-state index contributed by atoms with van der Waals surface area (Å²) in [5.41, 5.74) is 3.51. The number of hydrogen-bond acceptors (Lipinski definition) is 5. The second-order valence-corrected chi connectivity index (χ2v) is 4.31. The first-order valence-corrected chi connectivity index (χ1v) is 6.29. The zero-order valence-electron chi connectivity index (χ0n) is 9.36. The average Bonchev–Trinajstić information content (AvgIpc) is 2.29. The molecule has 0 radical (unpaired) electrons. The number of carbonyl (C=O) groups is 1. The van der Waals surface area contributed by atoms with Crippen LogP contribution in [0.2, 0.25) is 0 Å². The predicted molar refractivity (Wildman–Crippen MR) is 67.4 cm³/mol. The first kappa shape index (κ1) is 12.8. The molecule has 1 atom stereocenters. The number of amides is 1. The van der Waals surface area contributed by atoms with Gasteiger partial charge in [-0.1, -0.05) is 0 Å². The van der Waals surface area contributed by atoms with E-state index >= 15 is 0 Å². The van der Waals surface area contributed by atoms with Crippen molar-refractivity contribution in [2.24, 2.45) is 5.84 Å². The van der Waals surface area contributed by atoms with Gasteiger partial charge in [0.2, 0.25) is 0 Å². The van der Waals surface area contributed by atoms with E-state index in [0.717, 1.165) is 5.75 Å². The first-order chi connectivity index (χ1) is 7.67. The van der Waals surface area contributed by atoms with Gasteiger partial charge in [-0.15, -0.1) is 0 Å². The van der Waals surface area contributed by atoms with Crippen LogP contribution in [-0.4, -0.2) is 28.9 Å². The molecule has 88 valence electrons. The Balaban J connectivity index is 2.65. The fourth-order valence-corrected chi connectivity index (χ4v) is 1.82. The Morgan fingerprint density at radius 2 is 2.44 bits per heavy atom. The number of nitrogens with two attached hydrogens (primary N) is 1. The van der Waals surface area contributed by atoms with Crippen molar-refractivity contribution in [2.75, 3.05) is 17.4 Å². The molecule has 1 rings (SSSR count). The van der Waals surface area contributed by atoms with E-state index in [1.165, 1.54) is 0 Å². The molecule has 0 spiro atoms. The highest BCUT2D eigenvalue weighted by Crippen LogP contribution is 2.06. The van der Waals surface area contributed by atoms with Crippen LogP contribution in [0.4, 0.5) is 5.69 Å². The third-order valence-electron chi connectivity index (χ3n) is 1.95. The van der Waals surface area contributed by atoms with Crippen LogP contribution in [0.15, 0.2) is 18.3 Å². The van der Waals surface area contributed by atoms with Gasteiger partial charge in [0, 0.05) is 18.0 Å². The lowest BCUT2D eigenvalue weighted by Gasteiger charge is -2.12. The zero-order valence-corrected chi connectivity index (χ0v) is 10.2. The summed E-state index contributed by atoms with van der Waals surface area (Å²) in [5, 5.41) is 2.86. The predicted octanol–water partition coefficient (Wildman–Crippen LogP) is 0.848. The van der Waals surface area contributed by atoms with E-state index in [0.29, 0.717) is 11.4 Å². The highest BCUT2D eigenvalue weighted by molar-refractivity contribution is 7.98. The van der Waals surface area contributed by atoms with Gasteiger partial charge in [0.25, 0.3) is 5.91 Å². The lowest BCUT2D eigenvalue weighted by molar-refractivity contribution is 0.0939. The maximum atomic E-state index is 11.7. The molecule has 0 bridgehead atoms. The number of hydrogen-bond donors (Lipinski definition) is 3. The van der Waals surface area contributed by atoms with Crippen molar-refractivity contribution in [1.82, 2.24) is 10.3 Å².